The van der Waals surface area contributed by atoms with Gasteiger partial charge in [0.15, 0.2) is 0 Å². The summed E-state index contributed by atoms with van der Waals surface area (Å²) in [6.45, 7) is 0.264. The highest BCUT2D eigenvalue weighted by molar-refractivity contribution is 7.89. The zero-order valence-electron chi connectivity index (χ0n) is 9.82. The van der Waals surface area contributed by atoms with Crippen LogP contribution in [-0.2, 0) is 10.0 Å². The zero-order valence-corrected chi connectivity index (χ0v) is 10.6. The van der Waals surface area contributed by atoms with Gasteiger partial charge >= 0.3 is 0 Å². The quantitative estimate of drug-likeness (QED) is 0.467. The third kappa shape index (κ3) is 4.35. The number of rotatable bonds is 6. The normalized spacial score (nSPS) is 11.1. The molecule has 6 heteroatoms. The summed E-state index contributed by atoms with van der Waals surface area (Å²) in [4.78, 5) is -0.169. The number of terminal acetylenes is 1. The number of sulfonamides is 1. The third-order valence-corrected chi connectivity index (χ3v) is 3.68. The molecule has 0 radical (unpaired) electrons. The number of unbranched alkanes of at least 4 members (excludes halogenated alkanes) is 2. The maximum atomic E-state index is 13.1. The van der Waals surface area contributed by atoms with Gasteiger partial charge in [-0.3, -0.25) is 0 Å². The predicted molar refractivity (Wildman–Crippen MR) is 68.7 cm³/mol. The van der Waals surface area contributed by atoms with Gasteiger partial charge in [-0.1, -0.05) is 0 Å². The highest BCUT2D eigenvalue weighted by atomic mass is 32.2. The van der Waals surface area contributed by atoms with Crippen LogP contribution in [0.25, 0.3) is 0 Å². The molecule has 4 nitrogen and oxygen atoms in total. The molecular formula is C12H15FN2O2S. The number of anilines is 1. The predicted octanol–water partition coefficient (Wildman–Crippen LogP) is 1.49. The van der Waals surface area contributed by atoms with E-state index < -0.39 is 15.8 Å². The molecule has 0 heterocycles. The highest BCUT2D eigenvalue weighted by Crippen LogP contribution is 2.15. The fraction of sp³-hybridized carbons (Fsp3) is 0.333. The minimum absolute atomic E-state index is 0.0720. The molecule has 0 fully saturated rings. The van der Waals surface area contributed by atoms with Gasteiger partial charge in [0.1, 0.15) is 5.82 Å². The van der Waals surface area contributed by atoms with Crippen molar-refractivity contribution in [2.45, 2.75) is 24.2 Å². The molecule has 18 heavy (non-hydrogen) atoms. The average Bonchev–Trinajstić information content (AvgIpc) is 2.27. The van der Waals surface area contributed by atoms with Gasteiger partial charge in [-0.25, -0.2) is 17.5 Å². The van der Waals surface area contributed by atoms with Gasteiger partial charge < -0.3 is 5.73 Å². The Morgan fingerprint density at radius 1 is 1.33 bits per heavy atom. The van der Waals surface area contributed by atoms with Crippen molar-refractivity contribution >= 4 is 15.7 Å². The monoisotopic (exact) mass is 270 g/mol. The molecule has 0 bridgehead atoms. The zero-order chi connectivity index (χ0) is 13.6. The van der Waals surface area contributed by atoms with Gasteiger partial charge in [-0.15, -0.1) is 12.3 Å². The first-order chi connectivity index (χ1) is 8.45. The fourth-order valence-corrected chi connectivity index (χ4v) is 2.52. The number of benzene rings is 1. The van der Waals surface area contributed by atoms with Crippen molar-refractivity contribution in [1.29, 1.82) is 0 Å². The maximum Gasteiger partial charge on any atom is 0.240 e. The van der Waals surface area contributed by atoms with E-state index >= 15 is 0 Å². The smallest absolute Gasteiger partial charge is 0.240 e. The summed E-state index contributed by atoms with van der Waals surface area (Å²) in [6, 6.07) is 3.21. The van der Waals surface area contributed by atoms with Gasteiger partial charge in [0.2, 0.25) is 10.0 Å². The Labute approximate surface area is 106 Å². The summed E-state index contributed by atoms with van der Waals surface area (Å²) in [7, 11) is -3.71. The van der Waals surface area contributed by atoms with Crippen LogP contribution in [0.15, 0.2) is 23.1 Å². The van der Waals surface area contributed by atoms with Gasteiger partial charge in [0.05, 0.1) is 4.90 Å². The van der Waals surface area contributed by atoms with E-state index in [1.54, 1.807) is 0 Å². The minimum atomic E-state index is -3.71. The van der Waals surface area contributed by atoms with Crippen molar-refractivity contribution in [1.82, 2.24) is 4.72 Å². The van der Waals surface area contributed by atoms with E-state index in [0.717, 1.165) is 18.6 Å². The SMILES string of the molecule is C#CCCCCNS(=O)(=O)c1cc(N)cc(F)c1. The van der Waals surface area contributed by atoms with Crippen LogP contribution in [0.3, 0.4) is 0 Å². The molecule has 1 aromatic carbocycles. The van der Waals surface area contributed by atoms with Crippen LogP contribution >= 0.6 is 0 Å². The summed E-state index contributed by atoms with van der Waals surface area (Å²) in [5.41, 5.74) is 5.47. The van der Waals surface area contributed by atoms with Gasteiger partial charge in [0, 0.05) is 18.7 Å². The van der Waals surface area contributed by atoms with Crippen molar-refractivity contribution < 1.29 is 12.8 Å². The van der Waals surface area contributed by atoms with E-state index in [4.69, 9.17) is 12.2 Å². The second kappa shape index (κ2) is 6.38. The molecule has 1 rings (SSSR count). The molecular weight excluding hydrogens is 255 g/mol. The van der Waals surface area contributed by atoms with Crippen LogP contribution in [0.5, 0.6) is 0 Å². The number of nitrogens with one attached hydrogen (secondary N) is 1. The summed E-state index contributed by atoms with van der Waals surface area (Å²) < 4.78 is 39.0. The molecule has 1 aromatic rings. The Morgan fingerprint density at radius 2 is 2.06 bits per heavy atom. The van der Waals surface area contributed by atoms with E-state index in [-0.39, 0.29) is 17.1 Å². The Kier molecular flexibility index (Phi) is 5.13. The number of nitrogen functional groups attached to an aromatic ring is 1. The topological polar surface area (TPSA) is 72.2 Å². The van der Waals surface area contributed by atoms with Crippen molar-refractivity contribution in [3.05, 3.63) is 24.0 Å². The van der Waals surface area contributed by atoms with Crippen molar-refractivity contribution in [3.63, 3.8) is 0 Å². The number of hydrogen-bond donors (Lipinski definition) is 2. The molecule has 0 aliphatic rings. The van der Waals surface area contributed by atoms with Crippen LogP contribution in [0.2, 0.25) is 0 Å². The summed E-state index contributed by atoms with van der Waals surface area (Å²) in [5.74, 6) is 1.79. The fourth-order valence-electron chi connectivity index (χ4n) is 1.38. The lowest BCUT2D eigenvalue weighted by atomic mass is 10.2. The third-order valence-electron chi connectivity index (χ3n) is 2.24. The summed E-state index contributed by atoms with van der Waals surface area (Å²) in [5, 5.41) is 0. The number of halogens is 1. The van der Waals surface area contributed by atoms with Crippen LogP contribution in [0, 0.1) is 18.2 Å². The lowest BCUT2D eigenvalue weighted by molar-refractivity contribution is 0.574. The maximum absolute atomic E-state index is 13.1. The highest BCUT2D eigenvalue weighted by Gasteiger charge is 2.14. The molecule has 0 aliphatic carbocycles. The van der Waals surface area contributed by atoms with Crippen LogP contribution in [0.1, 0.15) is 19.3 Å². The van der Waals surface area contributed by atoms with Crippen molar-refractivity contribution in [3.8, 4) is 12.3 Å². The standard InChI is InChI=1S/C12H15FN2O2S/c1-2-3-4-5-6-15-18(16,17)12-8-10(13)7-11(14)9-12/h1,7-9,15H,3-6,14H2. The molecule has 0 spiro atoms. The van der Waals surface area contributed by atoms with Crippen LogP contribution in [0.4, 0.5) is 10.1 Å². The number of nitrogens with two attached hydrogens (primary N) is 1. The van der Waals surface area contributed by atoms with E-state index in [1.165, 1.54) is 6.07 Å². The largest absolute Gasteiger partial charge is 0.399 e. The van der Waals surface area contributed by atoms with E-state index in [9.17, 15) is 12.8 Å². The second-order valence-corrected chi connectivity index (χ2v) is 5.55. The molecule has 0 saturated carbocycles. The molecule has 0 saturated heterocycles. The first-order valence-electron chi connectivity index (χ1n) is 5.45. The molecule has 0 aliphatic heterocycles. The van der Waals surface area contributed by atoms with E-state index in [1.807, 2.05) is 0 Å². The second-order valence-electron chi connectivity index (χ2n) is 3.78. The molecule has 98 valence electrons. The van der Waals surface area contributed by atoms with Gasteiger partial charge in [-0.2, -0.15) is 0 Å². The lowest BCUT2D eigenvalue weighted by Gasteiger charge is -2.07. The Morgan fingerprint density at radius 3 is 2.67 bits per heavy atom. The van der Waals surface area contributed by atoms with Crippen LogP contribution in [-0.4, -0.2) is 15.0 Å². The van der Waals surface area contributed by atoms with Gasteiger partial charge in [-0.05, 0) is 31.0 Å². The van der Waals surface area contributed by atoms with Gasteiger partial charge in [0.25, 0.3) is 0 Å². The Balaban J connectivity index is 2.66. The molecule has 0 unspecified atom stereocenters. The van der Waals surface area contributed by atoms with E-state index in [0.29, 0.717) is 12.8 Å². The molecule has 0 amide bonds. The summed E-state index contributed by atoms with van der Waals surface area (Å²) in [6.07, 6.45) is 7.06. The lowest BCUT2D eigenvalue weighted by Crippen LogP contribution is -2.25. The molecule has 3 N–H and O–H groups in total. The van der Waals surface area contributed by atoms with Crippen LogP contribution < -0.4 is 10.5 Å². The first-order valence-corrected chi connectivity index (χ1v) is 6.93. The Bertz CT molecular complexity index is 529. The average molecular weight is 270 g/mol. The Hall–Kier alpha value is -1.58. The van der Waals surface area contributed by atoms with Crippen molar-refractivity contribution in [2.75, 3.05) is 12.3 Å². The van der Waals surface area contributed by atoms with Crippen molar-refractivity contribution in [2.24, 2.45) is 0 Å². The minimum Gasteiger partial charge on any atom is -0.399 e. The first kappa shape index (κ1) is 14.5. The molecule has 0 atom stereocenters. The summed E-state index contributed by atoms with van der Waals surface area (Å²) >= 11 is 0. The number of hydrogen-bond acceptors (Lipinski definition) is 3. The molecule has 0 aromatic heterocycles. The van der Waals surface area contributed by atoms with E-state index in [2.05, 4.69) is 10.6 Å².